The molecule has 6 heteroatoms. The van der Waals surface area contributed by atoms with Crippen molar-refractivity contribution in [1.29, 1.82) is 0 Å². The summed E-state index contributed by atoms with van der Waals surface area (Å²) in [6, 6.07) is 12.2. The van der Waals surface area contributed by atoms with Crippen LogP contribution in [0.1, 0.15) is 5.56 Å². The molecule has 0 atom stereocenters. The standard InChI is InChI=1S/C16H15NO4S/c18-16(13-22(19,20)15-8-10-17-11-9-15)21-12-4-7-14-5-2-1-3-6-14/h1-11H,12-13H2. The van der Waals surface area contributed by atoms with Gasteiger partial charge in [-0.3, -0.25) is 9.78 Å². The fraction of sp³-hybridized carbons (Fsp3) is 0.125. The molecule has 5 nitrogen and oxygen atoms in total. The lowest BCUT2D eigenvalue weighted by Crippen LogP contribution is -2.18. The van der Waals surface area contributed by atoms with Crippen LogP contribution in [0.25, 0.3) is 6.08 Å². The van der Waals surface area contributed by atoms with Gasteiger partial charge in [-0.15, -0.1) is 0 Å². The van der Waals surface area contributed by atoms with Crippen LogP contribution in [0.15, 0.2) is 65.8 Å². The number of hydrogen-bond donors (Lipinski definition) is 0. The van der Waals surface area contributed by atoms with Crippen molar-refractivity contribution < 1.29 is 17.9 Å². The molecule has 0 amide bonds. The quantitative estimate of drug-likeness (QED) is 0.763. The third-order valence-electron chi connectivity index (χ3n) is 2.77. The Labute approximate surface area is 129 Å². The summed E-state index contributed by atoms with van der Waals surface area (Å²) in [7, 11) is -3.69. The van der Waals surface area contributed by atoms with Gasteiger partial charge in [0.05, 0.1) is 4.90 Å². The Morgan fingerprint density at radius 2 is 1.77 bits per heavy atom. The number of esters is 1. The fourth-order valence-corrected chi connectivity index (χ4v) is 2.81. The van der Waals surface area contributed by atoms with Crippen LogP contribution in [0.2, 0.25) is 0 Å². The van der Waals surface area contributed by atoms with Crippen LogP contribution in [0.5, 0.6) is 0 Å². The van der Waals surface area contributed by atoms with Crippen molar-refractivity contribution >= 4 is 21.9 Å². The van der Waals surface area contributed by atoms with Crippen molar-refractivity contribution in [1.82, 2.24) is 4.98 Å². The van der Waals surface area contributed by atoms with Crippen LogP contribution in [-0.2, 0) is 19.4 Å². The smallest absolute Gasteiger partial charge is 0.321 e. The number of carbonyl (C=O) groups is 1. The summed E-state index contributed by atoms with van der Waals surface area (Å²) in [5.74, 6) is -1.47. The van der Waals surface area contributed by atoms with Crippen LogP contribution in [0.3, 0.4) is 0 Å². The van der Waals surface area contributed by atoms with Gasteiger partial charge in [0.15, 0.2) is 15.6 Å². The molecule has 0 unspecified atom stereocenters. The monoisotopic (exact) mass is 317 g/mol. The van der Waals surface area contributed by atoms with Crippen LogP contribution < -0.4 is 0 Å². The second kappa shape index (κ2) is 7.51. The van der Waals surface area contributed by atoms with E-state index in [0.29, 0.717) is 0 Å². The molecular weight excluding hydrogens is 302 g/mol. The molecule has 0 aliphatic carbocycles. The normalized spacial score (nSPS) is 11.5. The minimum atomic E-state index is -3.69. The zero-order valence-electron chi connectivity index (χ0n) is 11.8. The first-order valence-corrected chi connectivity index (χ1v) is 8.23. The van der Waals surface area contributed by atoms with Crippen molar-refractivity contribution in [2.45, 2.75) is 4.90 Å². The average molecular weight is 317 g/mol. The number of nitrogens with zero attached hydrogens (tertiary/aromatic N) is 1. The molecule has 0 radical (unpaired) electrons. The number of hydrogen-bond acceptors (Lipinski definition) is 5. The van der Waals surface area contributed by atoms with E-state index in [1.807, 2.05) is 30.3 Å². The SMILES string of the molecule is O=C(CS(=O)(=O)c1ccncc1)OCC=Cc1ccccc1. The fourth-order valence-electron chi connectivity index (χ4n) is 1.72. The first kappa shape index (κ1) is 15.9. The van der Waals surface area contributed by atoms with Crippen molar-refractivity contribution in [3.63, 3.8) is 0 Å². The van der Waals surface area contributed by atoms with Gasteiger partial charge in [0.25, 0.3) is 0 Å². The highest BCUT2D eigenvalue weighted by molar-refractivity contribution is 7.92. The molecule has 1 aromatic heterocycles. The largest absolute Gasteiger partial charge is 0.461 e. The van der Waals surface area contributed by atoms with Crippen LogP contribution in [0.4, 0.5) is 0 Å². The van der Waals surface area contributed by atoms with Crippen molar-refractivity contribution in [3.05, 3.63) is 66.5 Å². The van der Waals surface area contributed by atoms with E-state index < -0.39 is 21.6 Å². The molecule has 0 saturated carbocycles. The van der Waals surface area contributed by atoms with Gasteiger partial charge in [0.1, 0.15) is 6.61 Å². The zero-order valence-corrected chi connectivity index (χ0v) is 12.6. The number of aromatic nitrogens is 1. The highest BCUT2D eigenvalue weighted by Crippen LogP contribution is 2.09. The molecule has 0 aliphatic heterocycles. The topological polar surface area (TPSA) is 73.3 Å². The summed E-state index contributed by atoms with van der Waals surface area (Å²) >= 11 is 0. The summed E-state index contributed by atoms with van der Waals surface area (Å²) in [5, 5.41) is 0. The summed E-state index contributed by atoms with van der Waals surface area (Å²) in [6.07, 6.45) is 6.18. The summed E-state index contributed by atoms with van der Waals surface area (Å²) in [5.41, 5.74) is 0.975. The Kier molecular flexibility index (Phi) is 5.43. The molecule has 0 N–H and O–H groups in total. The molecule has 114 valence electrons. The number of ether oxygens (including phenoxy) is 1. The molecule has 0 spiro atoms. The maximum absolute atomic E-state index is 12.0. The average Bonchev–Trinajstić information content (AvgIpc) is 2.53. The van der Waals surface area contributed by atoms with E-state index in [9.17, 15) is 13.2 Å². The molecule has 1 heterocycles. The Hall–Kier alpha value is -2.47. The Balaban J connectivity index is 1.85. The minimum absolute atomic E-state index is 0.0274. The minimum Gasteiger partial charge on any atom is -0.461 e. The Morgan fingerprint density at radius 3 is 2.45 bits per heavy atom. The van der Waals surface area contributed by atoms with E-state index in [1.54, 1.807) is 12.2 Å². The van der Waals surface area contributed by atoms with Crippen molar-refractivity contribution in [3.8, 4) is 0 Å². The van der Waals surface area contributed by atoms with E-state index in [4.69, 9.17) is 4.74 Å². The second-order valence-corrected chi connectivity index (χ2v) is 6.43. The molecule has 22 heavy (non-hydrogen) atoms. The van der Waals surface area contributed by atoms with E-state index in [2.05, 4.69) is 4.98 Å². The van der Waals surface area contributed by atoms with Gasteiger partial charge in [0, 0.05) is 12.4 Å². The van der Waals surface area contributed by atoms with E-state index in [-0.39, 0.29) is 11.5 Å². The Bertz CT molecular complexity index is 740. The van der Waals surface area contributed by atoms with Crippen LogP contribution in [-0.4, -0.2) is 31.7 Å². The van der Waals surface area contributed by atoms with Crippen LogP contribution in [0, 0.1) is 0 Å². The second-order valence-electron chi connectivity index (χ2n) is 4.44. The maximum atomic E-state index is 12.0. The summed E-state index contributed by atoms with van der Waals surface area (Å²) in [4.78, 5) is 15.4. The third kappa shape index (κ3) is 4.82. The molecular formula is C16H15NO4S. The Morgan fingerprint density at radius 1 is 1.09 bits per heavy atom. The molecule has 2 rings (SSSR count). The molecule has 2 aromatic rings. The summed E-state index contributed by atoms with van der Waals surface area (Å²) < 4.78 is 28.8. The lowest BCUT2D eigenvalue weighted by molar-refractivity contribution is -0.139. The van der Waals surface area contributed by atoms with Gasteiger partial charge in [-0.1, -0.05) is 36.4 Å². The van der Waals surface area contributed by atoms with Gasteiger partial charge in [-0.2, -0.15) is 0 Å². The number of rotatable bonds is 6. The lowest BCUT2D eigenvalue weighted by Gasteiger charge is -2.04. The van der Waals surface area contributed by atoms with Gasteiger partial charge in [-0.25, -0.2) is 8.42 Å². The maximum Gasteiger partial charge on any atom is 0.321 e. The molecule has 0 aliphatic rings. The first-order chi connectivity index (χ1) is 10.6. The van der Waals surface area contributed by atoms with Crippen LogP contribution >= 0.6 is 0 Å². The molecule has 0 fully saturated rings. The molecule has 0 bridgehead atoms. The zero-order chi connectivity index (χ0) is 15.8. The van der Waals surface area contributed by atoms with Gasteiger partial charge in [-0.05, 0) is 23.8 Å². The van der Waals surface area contributed by atoms with Crippen molar-refractivity contribution in [2.75, 3.05) is 12.4 Å². The van der Waals surface area contributed by atoms with Gasteiger partial charge in [0.2, 0.25) is 0 Å². The third-order valence-corrected chi connectivity index (χ3v) is 4.37. The highest BCUT2D eigenvalue weighted by atomic mass is 32.2. The lowest BCUT2D eigenvalue weighted by atomic mass is 10.2. The highest BCUT2D eigenvalue weighted by Gasteiger charge is 2.19. The predicted molar refractivity (Wildman–Crippen MR) is 82.7 cm³/mol. The number of carbonyl (C=O) groups excluding carboxylic acids is 1. The summed E-state index contributed by atoms with van der Waals surface area (Å²) in [6.45, 7) is 0.0274. The number of sulfone groups is 1. The first-order valence-electron chi connectivity index (χ1n) is 6.58. The van der Waals surface area contributed by atoms with E-state index in [0.717, 1.165) is 5.56 Å². The molecule has 1 aromatic carbocycles. The van der Waals surface area contributed by atoms with Crippen molar-refractivity contribution in [2.24, 2.45) is 0 Å². The predicted octanol–water partition coefficient (Wildman–Crippen LogP) is 2.11. The van der Waals surface area contributed by atoms with E-state index in [1.165, 1.54) is 24.5 Å². The molecule has 0 saturated heterocycles. The van der Waals surface area contributed by atoms with Gasteiger partial charge < -0.3 is 4.74 Å². The van der Waals surface area contributed by atoms with Gasteiger partial charge >= 0.3 is 5.97 Å². The number of pyridine rings is 1. The number of benzene rings is 1. The van der Waals surface area contributed by atoms with E-state index >= 15 is 0 Å².